The van der Waals surface area contributed by atoms with Crippen molar-refractivity contribution in [3.8, 4) is 11.8 Å². The van der Waals surface area contributed by atoms with E-state index in [1.165, 1.54) is 17.0 Å². The van der Waals surface area contributed by atoms with Crippen molar-refractivity contribution in [2.75, 3.05) is 19.3 Å². The normalized spacial score (nSPS) is 17.8. The summed E-state index contributed by atoms with van der Waals surface area (Å²) in [4.78, 5) is 10.5. The second-order valence-electron chi connectivity index (χ2n) is 7.26. The number of rotatable bonds is 9. The molecule has 0 unspecified atom stereocenters. The molecule has 1 aliphatic carbocycles. The number of aliphatic hydroxyl groups is 1. The van der Waals surface area contributed by atoms with Gasteiger partial charge in [-0.2, -0.15) is 4.31 Å². The van der Waals surface area contributed by atoms with Gasteiger partial charge in [-0.15, -0.1) is 0 Å². The van der Waals surface area contributed by atoms with E-state index in [-0.39, 0.29) is 13.0 Å². The lowest BCUT2D eigenvalue weighted by Crippen LogP contribution is -2.32. The van der Waals surface area contributed by atoms with Crippen LogP contribution in [0.3, 0.4) is 0 Å². The summed E-state index contributed by atoms with van der Waals surface area (Å²) in [6.07, 6.45) is 10.8. The van der Waals surface area contributed by atoms with Crippen LogP contribution in [0.4, 0.5) is 0 Å². The zero-order valence-electron chi connectivity index (χ0n) is 15.9. The molecule has 0 spiro atoms. The van der Waals surface area contributed by atoms with Crippen LogP contribution in [0, 0.1) is 11.8 Å². The average molecular weight is 388 g/mol. The number of sulfonamides is 1. The van der Waals surface area contributed by atoms with Crippen LogP contribution < -0.4 is 0 Å². The second-order valence-corrected chi connectivity index (χ2v) is 9.24. The smallest absolute Gasteiger partial charge is 0.303 e. The van der Waals surface area contributed by atoms with Crippen LogP contribution in [-0.2, 0) is 14.8 Å². The van der Waals surface area contributed by atoms with Gasteiger partial charge in [0.25, 0.3) is 0 Å². The van der Waals surface area contributed by atoms with Gasteiger partial charge in [0.05, 0.1) is 12.8 Å². The zero-order chi connectivity index (χ0) is 19.5. The van der Waals surface area contributed by atoms with Crippen molar-refractivity contribution in [1.29, 1.82) is 0 Å². The van der Waals surface area contributed by atoms with E-state index < -0.39 is 21.6 Å². The van der Waals surface area contributed by atoms with Gasteiger partial charge in [0.2, 0.25) is 10.0 Å². The van der Waals surface area contributed by atoms with Gasteiger partial charge in [-0.1, -0.05) is 43.9 Å². The van der Waals surface area contributed by atoms with Gasteiger partial charge in [-0.3, -0.25) is 4.79 Å². The first kappa shape index (κ1) is 22.9. The molecule has 0 atom stereocenters. The topological polar surface area (TPSA) is 94.9 Å². The third-order valence-electron chi connectivity index (χ3n) is 4.77. The Labute approximate surface area is 158 Å². The molecule has 1 saturated carbocycles. The van der Waals surface area contributed by atoms with Crippen molar-refractivity contribution in [2.45, 2.75) is 82.7 Å². The molecular formula is C19H33NO5S. The van der Waals surface area contributed by atoms with Gasteiger partial charge in [-0.05, 0) is 38.5 Å². The lowest BCUT2D eigenvalue weighted by atomic mass is 9.87. The molecule has 2 N–H and O–H groups in total. The molecule has 0 radical (unpaired) electrons. The number of carboxylic acids is 1. The van der Waals surface area contributed by atoms with Crippen molar-refractivity contribution in [3.05, 3.63) is 0 Å². The highest BCUT2D eigenvalue weighted by atomic mass is 32.2. The lowest BCUT2D eigenvalue weighted by Gasteiger charge is -2.24. The van der Waals surface area contributed by atoms with Crippen LogP contribution >= 0.6 is 0 Å². The number of unbranched alkanes of at least 4 members (excludes halogenated alkanes) is 3. The molecule has 0 aromatic carbocycles. The Morgan fingerprint density at radius 2 is 1.62 bits per heavy atom. The van der Waals surface area contributed by atoms with Gasteiger partial charge in [-0.25, -0.2) is 8.42 Å². The highest BCUT2D eigenvalue weighted by Gasteiger charge is 2.24. The molecule has 1 fully saturated rings. The number of hydrogen-bond donors (Lipinski definition) is 2. The van der Waals surface area contributed by atoms with Crippen LogP contribution in [0.5, 0.6) is 0 Å². The van der Waals surface area contributed by atoms with Gasteiger partial charge in [0, 0.05) is 13.0 Å². The van der Waals surface area contributed by atoms with Crippen LogP contribution in [0.2, 0.25) is 0 Å². The average Bonchev–Trinajstić information content (AvgIpc) is 2.51. The van der Waals surface area contributed by atoms with E-state index in [9.17, 15) is 18.3 Å². The minimum absolute atomic E-state index is 0.0935. The highest BCUT2D eigenvalue weighted by Crippen LogP contribution is 2.25. The number of carbonyl (C=O) groups is 1. The molecule has 26 heavy (non-hydrogen) atoms. The van der Waals surface area contributed by atoms with E-state index >= 15 is 0 Å². The minimum atomic E-state index is -3.35. The molecule has 1 aliphatic rings. The fourth-order valence-electron chi connectivity index (χ4n) is 3.19. The molecule has 0 amide bonds. The van der Waals surface area contributed by atoms with E-state index in [1.54, 1.807) is 0 Å². The SMILES string of the molecule is CS(=O)(=O)N(CC#CC1(O)CCCCCCC1)CCCCCCC(=O)O. The number of nitrogens with zero attached hydrogens (tertiary/aromatic N) is 1. The van der Waals surface area contributed by atoms with Crippen LogP contribution in [0.15, 0.2) is 0 Å². The largest absolute Gasteiger partial charge is 0.481 e. The van der Waals surface area contributed by atoms with Gasteiger partial charge >= 0.3 is 5.97 Å². The molecule has 0 saturated heterocycles. The predicted octanol–water partition coefficient (Wildman–Crippen LogP) is 2.76. The summed E-state index contributed by atoms with van der Waals surface area (Å²) in [5, 5.41) is 19.2. The molecule has 7 heteroatoms. The van der Waals surface area contributed by atoms with E-state index in [0.29, 0.717) is 32.2 Å². The summed E-state index contributed by atoms with van der Waals surface area (Å²) in [5.74, 6) is 5.01. The first-order chi connectivity index (χ1) is 12.2. The Balaban J connectivity index is 2.48. The maximum absolute atomic E-state index is 11.9. The van der Waals surface area contributed by atoms with Crippen LogP contribution in [0.1, 0.15) is 77.0 Å². The summed E-state index contributed by atoms with van der Waals surface area (Å²) >= 11 is 0. The van der Waals surface area contributed by atoms with Crippen LogP contribution in [-0.4, -0.2) is 53.9 Å². The van der Waals surface area contributed by atoms with Crippen molar-refractivity contribution in [2.24, 2.45) is 0 Å². The summed E-state index contributed by atoms with van der Waals surface area (Å²) in [6.45, 7) is 0.468. The molecule has 0 aliphatic heterocycles. The molecular weight excluding hydrogens is 354 g/mol. The predicted molar refractivity (Wildman–Crippen MR) is 102 cm³/mol. The van der Waals surface area contributed by atoms with Crippen molar-refractivity contribution >= 4 is 16.0 Å². The van der Waals surface area contributed by atoms with E-state index in [2.05, 4.69) is 11.8 Å². The zero-order valence-corrected chi connectivity index (χ0v) is 16.7. The molecule has 0 aromatic heterocycles. The van der Waals surface area contributed by atoms with Crippen molar-refractivity contribution < 1.29 is 23.4 Å². The fraction of sp³-hybridized carbons (Fsp3) is 0.842. The molecule has 1 rings (SSSR count). The summed E-state index contributed by atoms with van der Waals surface area (Å²) in [5.41, 5.74) is -0.986. The highest BCUT2D eigenvalue weighted by molar-refractivity contribution is 7.88. The molecule has 6 nitrogen and oxygen atoms in total. The van der Waals surface area contributed by atoms with E-state index in [4.69, 9.17) is 5.11 Å². The van der Waals surface area contributed by atoms with E-state index in [0.717, 1.165) is 38.5 Å². The maximum Gasteiger partial charge on any atom is 0.303 e. The van der Waals surface area contributed by atoms with Gasteiger partial charge in [0.1, 0.15) is 5.60 Å². The van der Waals surface area contributed by atoms with Crippen molar-refractivity contribution in [1.82, 2.24) is 4.31 Å². The Morgan fingerprint density at radius 3 is 2.19 bits per heavy atom. The molecule has 0 aromatic rings. The summed E-state index contributed by atoms with van der Waals surface area (Å²) < 4.78 is 25.2. The molecule has 0 bridgehead atoms. The minimum Gasteiger partial charge on any atom is -0.481 e. The molecule has 150 valence electrons. The summed E-state index contributed by atoms with van der Waals surface area (Å²) in [6, 6.07) is 0. The Hall–Kier alpha value is -1.10. The maximum atomic E-state index is 11.9. The number of carboxylic acid groups (broad SMARTS) is 1. The fourth-order valence-corrected chi connectivity index (χ4v) is 3.95. The number of aliphatic carboxylic acids is 1. The Kier molecular flexibility index (Phi) is 10.2. The summed E-state index contributed by atoms with van der Waals surface area (Å²) in [7, 11) is -3.35. The first-order valence-electron chi connectivity index (χ1n) is 9.62. The first-order valence-corrected chi connectivity index (χ1v) is 11.5. The Morgan fingerprint density at radius 1 is 1.04 bits per heavy atom. The quantitative estimate of drug-likeness (QED) is 0.468. The third kappa shape index (κ3) is 10.1. The second kappa shape index (κ2) is 11.6. The van der Waals surface area contributed by atoms with Gasteiger partial charge < -0.3 is 10.2 Å². The van der Waals surface area contributed by atoms with Crippen molar-refractivity contribution in [3.63, 3.8) is 0 Å². The van der Waals surface area contributed by atoms with E-state index in [1.807, 2.05) is 0 Å². The Bertz CT molecular complexity index is 583. The monoisotopic (exact) mass is 387 g/mol. The third-order valence-corrected chi connectivity index (χ3v) is 6.02. The van der Waals surface area contributed by atoms with Crippen LogP contribution in [0.25, 0.3) is 0 Å². The standard InChI is InChI=1S/C19H33NO5S/c1-26(24,25)20(16-10-6-3-7-12-18(21)22)17-11-15-19(23)13-8-4-2-5-9-14-19/h23H,2-10,12-14,16-17H2,1H3,(H,21,22). The lowest BCUT2D eigenvalue weighted by molar-refractivity contribution is -0.137. The molecule has 0 heterocycles. The van der Waals surface area contributed by atoms with Gasteiger partial charge in [0.15, 0.2) is 0 Å². The number of hydrogen-bond acceptors (Lipinski definition) is 4.